The molecule has 1 rings (SSSR count). The summed E-state index contributed by atoms with van der Waals surface area (Å²) >= 11 is 0. The van der Waals surface area contributed by atoms with Gasteiger partial charge in [-0.05, 0) is 31.9 Å². The van der Waals surface area contributed by atoms with E-state index in [9.17, 15) is 9.90 Å². The molecule has 0 aromatic heterocycles. The Labute approximate surface area is 102 Å². The predicted octanol–water partition coefficient (Wildman–Crippen LogP) is 1.44. The quantitative estimate of drug-likeness (QED) is 0.608. The van der Waals surface area contributed by atoms with E-state index in [4.69, 9.17) is 5.73 Å². The summed E-state index contributed by atoms with van der Waals surface area (Å²) in [4.78, 5) is 10.8. The Kier molecular flexibility index (Phi) is 4.74. The summed E-state index contributed by atoms with van der Waals surface area (Å²) in [7, 11) is 0. The second kappa shape index (κ2) is 6.07. The molecule has 0 radical (unpaired) electrons. The molecular weight excluding hydrogens is 214 g/mol. The Morgan fingerprint density at radius 2 is 2.06 bits per heavy atom. The third kappa shape index (κ3) is 4.71. The van der Waals surface area contributed by atoms with Gasteiger partial charge in [-0.25, -0.2) is 0 Å². The smallest absolute Gasteiger partial charge is 0.249 e. The summed E-state index contributed by atoms with van der Waals surface area (Å²) in [5.41, 5.74) is 4.60. The lowest BCUT2D eigenvalue weighted by molar-refractivity contribution is -0.135. The van der Waals surface area contributed by atoms with Crippen molar-refractivity contribution < 1.29 is 9.90 Å². The van der Waals surface area contributed by atoms with Crippen molar-refractivity contribution in [2.75, 3.05) is 0 Å². The molecule has 1 amide bonds. The number of carbonyl (C=O) groups is 1. The number of aliphatic hydroxyl groups is 1. The monoisotopic (exact) mass is 231 g/mol. The minimum absolute atomic E-state index is 0.339. The lowest BCUT2D eigenvalue weighted by Crippen LogP contribution is -2.40. The van der Waals surface area contributed by atoms with Crippen molar-refractivity contribution in [3.05, 3.63) is 35.9 Å². The summed E-state index contributed by atoms with van der Waals surface area (Å²) in [5, 5.41) is 9.59. The molecule has 1 aromatic rings. The van der Waals surface area contributed by atoms with Gasteiger partial charge in [-0.3, -0.25) is 4.79 Å². The number of rotatable bonds is 4. The fourth-order valence-electron chi connectivity index (χ4n) is 1.33. The van der Waals surface area contributed by atoms with Crippen LogP contribution in [0.4, 0.5) is 0 Å². The van der Waals surface area contributed by atoms with Crippen molar-refractivity contribution in [3.63, 3.8) is 0 Å². The number of hydrogen-bond acceptors (Lipinski definition) is 2. The van der Waals surface area contributed by atoms with Crippen LogP contribution >= 0.6 is 0 Å². The summed E-state index contributed by atoms with van der Waals surface area (Å²) in [6, 6.07) is 9.68. The Morgan fingerprint density at radius 1 is 1.41 bits per heavy atom. The van der Waals surface area contributed by atoms with Crippen molar-refractivity contribution in [1.29, 1.82) is 0 Å². The Hall–Kier alpha value is -1.79. The lowest BCUT2D eigenvalue weighted by Gasteiger charge is -2.17. The number of carbonyl (C=O) groups excluding carboxylic acids is 1. The molecule has 0 saturated carbocycles. The second-order valence-electron chi connectivity index (χ2n) is 4.16. The highest BCUT2D eigenvalue weighted by atomic mass is 16.3. The number of benzene rings is 1. The van der Waals surface area contributed by atoms with E-state index in [-0.39, 0.29) is 0 Å². The van der Waals surface area contributed by atoms with Gasteiger partial charge in [0.25, 0.3) is 0 Å². The minimum atomic E-state index is -1.42. The first kappa shape index (κ1) is 13.3. The van der Waals surface area contributed by atoms with Gasteiger partial charge in [-0.15, -0.1) is 0 Å². The zero-order chi connectivity index (χ0) is 12.7. The molecule has 90 valence electrons. The first-order valence-electron chi connectivity index (χ1n) is 5.58. The molecule has 0 bridgehead atoms. The van der Waals surface area contributed by atoms with E-state index < -0.39 is 11.5 Å². The topological polar surface area (TPSA) is 63.3 Å². The fourth-order valence-corrected chi connectivity index (χ4v) is 1.33. The molecule has 1 aromatic carbocycles. The normalized spacial score (nSPS) is 13.3. The van der Waals surface area contributed by atoms with Crippen LogP contribution in [-0.2, 0) is 4.79 Å². The molecule has 3 nitrogen and oxygen atoms in total. The van der Waals surface area contributed by atoms with Crippen LogP contribution < -0.4 is 5.73 Å². The van der Waals surface area contributed by atoms with Crippen molar-refractivity contribution >= 4 is 5.91 Å². The van der Waals surface area contributed by atoms with E-state index in [1.807, 2.05) is 30.3 Å². The van der Waals surface area contributed by atoms with Crippen LogP contribution in [-0.4, -0.2) is 16.6 Å². The molecule has 0 heterocycles. The van der Waals surface area contributed by atoms with Gasteiger partial charge in [0.2, 0.25) is 5.91 Å². The standard InChI is InChI=1S/C14H17NO2/c1-14(17,13(15)16)11-7-3-6-10-12-8-4-2-5-9-12/h2,4-5,8-9,17H,3,7,11H2,1H3,(H2,15,16). The lowest BCUT2D eigenvalue weighted by atomic mass is 9.98. The molecule has 0 aliphatic heterocycles. The van der Waals surface area contributed by atoms with E-state index in [0.29, 0.717) is 19.3 Å². The van der Waals surface area contributed by atoms with Gasteiger partial charge in [0.15, 0.2) is 0 Å². The highest BCUT2D eigenvalue weighted by molar-refractivity contribution is 5.82. The number of unbranched alkanes of at least 4 members (excludes halogenated alkanes) is 1. The average Bonchev–Trinajstić information content (AvgIpc) is 2.29. The van der Waals surface area contributed by atoms with Gasteiger partial charge in [0, 0.05) is 12.0 Å². The highest BCUT2D eigenvalue weighted by Gasteiger charge is 2.26. The van der Waals surface area contributed by atoms with Gasteiger partial charge in [-0.2, -0.15) is 0 Å². The van der Waals surface area contributed by atoms with Crippen LogP contribution in [0.1, 0.15) is 31.7 Å². The minimum Gasteiger partial charge on any atom is -0.380 e. The largest absolute Gasteiger partial charge is 0.380 e. The van der Waals surface area contributed by atoms with Crippen molar-refractivity contribution in [1.82, 2.24) is 0 Å². The molecule has 17 heavy (non-hydrogen) atoms. The third-order valence-corrected chi connectivity index (χ3v) is 2.50. The summed E-state index contributed by atoms with van der Waals surface area (Å²) in [6.07, 6.45) is 1.62. The van der Waals surface area contributed by atoms with E-state index in [1.165, 1.54) is 6.92 Å². The first-order chi connectivity index (χ1) is 8.02. The zero-order valence-electron chi connectivity index (χ0n) is 9.94. The zero-order valence-corrected chi connectivity index (χ0v) is 9.94. The highest BCUT2D eigenvalue weighted by Crippen LogP contribution is 2.12. The number of hydrogen-bond donors (Lipinski definition) is 2. The van der Waals surface area contributed by atoms with Gasteiger partial charge >= 0.3 is 0 Å². The molecule has 1 unspecified atom stereocenters. The maximum atomic E-state index is 10.8. The van der Waals surface area contributed by atoms with Crippen LogP contribution in [0.3, 0.4) is 0 Å². The van der Waals surface area contributed by atoms with Crippen LogP contribution in [0.25, 0.3) is 0 Å². The van der Waals surface area contributed by atoms with Gasteiger partial charge < -0.3 is 10.8 Å². The predicted molar refractivity (Wildman–Crippen MR) is 67.0 cm³/mol. The van der Waals surface area contributed by atoms with Gasteiger partial charge in [0.05, 0.1) is 0 Å². The molecular formula is C14H17NO2. The fraction of sp³-hybridized carbons (Fsp3) is 0.357. The summed E-state index contributed by atoms with van der Waals surface area (Å²) < 4.78 is 0. The summed E-state index contributed by atoms with van der Waals surface area (Å²) in [6.45, 7) is 1.43. The Balaban J connectivity index is 2.35. The number of primary amides is 1. The molecule has 3 N–H and O–H groups in total. The van der Waals surface area contributed by atoms with Crippen LogP contribution in [0.5, 0.6) is 0 Å². The SMILES string of the molecule is CC(O)(CCCC#Cc1ccccc1)C(N)=O. The molecule has 3 heteroatoms. The molecule has 1 atom stereocenters. The molecule has 0 aliphatic rings. The van der Waals surface area contributed by atoms with Crippen molar-refractivity contribution in [2.24, 2.45) is 5.73 Å². The Bertz CT molecular complexity index is 427. The first-order valence-corrected chi connectivity index (χ1v) is 5.58. The maximum Gasteiger partial charge on any atom is 0.249 e. The molecule has 0 aliphatic carbocycles. The number of nitrogens with two attached hydrogens (primary N) is 1. The summed E-state index contributed by atoms with van der Waals surface area (Å²) in [5.74, 6) is 5.33. The molecule has 0 spiro atoms. The van der Waals surface area contributed by atoms with Crippen LogP contribution in [0.2, 0.25) is 0 Å². The van der Waals surface area contributed by atoms with Crippen LogP contribution in [0, 0.1) is 11.8 Å². The van der Waals surface area contributed by atoms with Gasteiger partial charge in [0.1, 0.15) is 5.60 Å². The maximum absolute atomic E-state index is 10.8. The van der Waals surface area contributed by atoms with E-state index in [1.54, 1.807) is 0 Å². The van der Waals surface area contributed by atoms with E-state index in [2.05, 4.69) is 11.8 Å². The molecule has 0 saturated heterocycles. The molecule has 0 fully saturated rings. The average molecular weight is 231 g/mol. The second-order valence-corrected chi connectivity index (χ2v) is 4.16. The van der Waals surface area contributed by atoms with Crippen LogP contribution in [0.15, 0.2) is 30.3 Å². The number of amides is 1. The van der Waals surface area contributed by atoms with E-state index >= 15 is 0 Å². The van der Waals surface area contributed by atoms with E-state index in [0.717, 1.165) is 5.56 Å². The van der Waals surface area contributed by atoms with Crippen molar-refractivity contribution in [2.45, 2.75) is 31.8 Å². The van der Waals surface area contributed by atoms with Gasteiger partial charge in [-0.1, -0.05) is 30.0 Å². The Morgan fingerprint density at radius 3 is 2.65 bits per heavy atom. The van der Waals surface area contributed by atoms with Crippen molar-refractivity contribution in [3.8, 4) is 11.8 Å². The third-order valence-electron chi connectivity index (χ3n) is 2.50.